The van der Waals surface area contributed by atoms with E-state index in [1.54, 1.807) is 19.1 Å². The van der Waals surface area contributed by atoms with Crippen molar-refractivity contribution < 1.29 is 9.53 Å². The molecule has 0 amide bonds. The van der Waals surface area contributed by atoms with Crippen LogP contribution in [0, 0.1) is 13.8 Å². The molecule has 0 heterocycles. The van der Waals surface area contributed by atoms with Crippen LogP contribution in [0.3, 0.4) is 0 Å². The summed E-state index contributed by atoms with van der Waals surface area (Å²) in [6.45, 7) is 5.60. The quantitative estimate of drug-likeness (QED) is 0.739. The molecule has 0 aromatic heterocycles. The number of carbonyl (C=O) groups is 1. The van der Waals surface area contributed by atoms with E-state index in [-0.39, 0.29) is 5.78 Å². The van der Waals surface area contributed by atoms with Crippen molar-refractivity contribution in [3.8, 4) is 11.5 Å². The van der Waals surface area contributed by atoms with Gasteiger partial charge in [-0.05, 0) is 56.2 Å². The predicted octanol–water partition coefficient (Wildman–Crippen LogP) is 5.06. The lowest BCUT2D eigenvalue weighted by molar-refractivity contribution is 0.101. The van der Waals surface area contributed by atoms with Gasteiger partial charge in [-0.2, -0.15) is 0 Å². The molecule has 0 saturated carbocycles. The molecule has 0 unspecified atom stereocenters. The molecule has 0 bridgehead atoms. The lowest BCUT2D eigenvalue weighted by Gasteiger charge is -2.10. The number of hydrogen-bond acceptors (Lipinski definition) is 2. The van der Waals surface area contributed by atoms with Crippen LogP contribution in [-0.4, -0.2) is 5.78 Å². The zero-order chi connectivity index (χ0) is 14.0. The molecule has 2 aromatic carbocycles. The minimum atomic E-state index is 0.0358. The van der Waals surface area contributed by atoms with Gasteiger partial charge in [0.25, 0.3) is 0 Å². The third kappa shape index (κ3) is 3.24. The van der Waals surface area contributed by atoms with Gasteiger partial charge < -0.3 is 4.74 Å². The van der Waals surface area contributed by atoms with Crippen LogP contribution in [0.2, 0.25) is 0 Å². The van der Waals surface area contributed by atoms with E-state index in [1.807, 2.05) is 38.1 Å². The van der Waals surface area contributed by atoms with E-state index in [2.05, 4.69) is 15.9 Å². The highest BCUT2D eigenvalue weighted by atomic mass is 79.9. The highest BCUT2D eigenvalue weighted by Crippen LogP contribution is 2.29. The van der Waals surface area contributed by atoms with Gasteiger partial charge in [0, 0.05) is 10.0 Å². The van der Waals surface area contributed by atoms with Crippen LogP contribution in [0.1, 0.15) is 28.4 Å². The number of benzene rings is 2. The fraction of sp³-hybridized carbons (Fsp3) is 0.188. The largest absolute Gasteiger partial charge is 0.457 e. The fourth-order valence-electron chi connectivity index (χ4n) is 1.88. The molecule has 19 heavy (non-hydrogen) atoms. The molecule has 0 aliphatic rings. The summed E-state index contributed by atoms with van der Waals surface area (Å²) < 4.78 is 6.91. The Kier molecular flexibility index (Phi) is 4.05. The summed E-state index contributed by atoms with van der Waals surface area (Å²) in [6, 6.07) is 11.2. The second-order valence-electron chi connectivity index (χ2n) is 4.56. The minimum Gasteiger partial charge on any atom is -0.457 e. The van der Waals surface area contributed by atoms with Crippen LogP contribution in [-0.2, 0) is 0 Å². The third-order valence-electron chi connectivity index (χ3n) is 2.89. The Morgan fingerprint density at radius 3 is 2.26 bits per heavy atom. The predicted molar refractivity (Wildman–Crippen MR) is 80.1 cm³/mol. The van der Waals surface area contributed by atoms with E-state index < -0.39 is 0 Å². The molecule has 0 radical (unpaired) electrons. The van der Waals surface area contributed by atoms with Crippen LogP contribution < -0.4 is 4.74 Å². The van der Waals surface area contributed by atoms with Crippen molar-refractivity contribution in [3.63, 3.8) is 0 Å². The number of halogens is 1. The summed E-state index contributed by atoms with van der Waals surface area (Å²) in [7, 11) is 0. The summed E-state index contributed by atoms with van der Waals surface area (Å²) in [6.07, 6.45) is 0. The Labute approximate surface area is 121 Å². The molecular weight excluding hydrogens is 304 g/mol. The first-order valence-electron chi connectivity index (χ1n) is 6.03. The summed E-state index contributed by atoms with van der Waals surface area (Å²) >= 11 is 3.53. The van der Waals surface area contributed by atoms with Crippen molar-refractivity contribution >= 4 is 21.7 Å². The molecule has 0 atom stereocenters. The van der Waals surface area contributed by atoms with Crippen LogP contribution in [0.25, 0.3) is 0 Å². The second-order valence-corrected chi connectivity index (χ2v) is 5.35. The van der Waals surface area contributed by atoms with Crippen molar-refractivity contribution in [3.05, 3.63) is 57.6 Å². The molecule has 2 aromatic rings. The van der Waals surface area contributed by atoms with Crippen molar-refractivity contribution in [2.75, 3.05) is 0 Å². The minimum absolute atomic E-state index is 0.0358. The van der Waals surface area contributed by atoms with Crippen molar-refractivity contribution in [1.82, 2.24) is 0 Å². The molecule has 0 aliphatic heterocycles. The number of aryl methyl sites for hydroxylation is 2. The van der Waals surface area contributed by atoms with Gasteiger partial charge in [-0.1, -0.05) is 28.1 Å². The molecular formula is C16H15BrO2. The van der Waals surface area contributed by atoms with Gasteiger partial charge in [-0.15, -0.1) is 0 Å². The molecule has 0 aliphatic carbocycles. The van der Waals surface area contributed by atoms with Crippen LogP contribution in [0.5, 0.6) is 11.5 Å². The molecule has 0 N–H and O–H groups in total. The van der Waals surface area contributed by atoms with Gasteiger partial charge in [0.2, 0.25) is 0 Å². The summed E-state index contributed by atoms with van der Waals surface area (Å²) in [5.74, 6) is 1.49. The Morgan fingerprint density at radius 2 is 1.68 bits per heavy atom. The lowest BCUT2D eigenvalue weighted by atomic mass is 10.1. The molecule has 2 rings (SSSR count). The molecule has 0 fully saturated rings. The van der Waals surface area contributed by atoms with Crippen molar-refractivity contribution in [2.24, 2.45) is 0 Å². The number of ether oxygens (including phenoxy) is 1. The Hall–Kier alpha value is -1.61. The van der Waals surface area contributed by atoms with Gasteiger partial charge in [-0.25, -0.2) is 0 Å². The van der Waals surface area contributed by atoms with Gasteiger partial charge in [-0.3, -0.25) is 4.79 Å². The molecule has 0 saturated heterocycles. The smallest absolute Gasteiger partial charge is 0.159 e. The highest BCUT2D eigenvalue weighted by molar-refractivity contribution is 9.10. The first-order chi connectivity index (χ1) is 8.97. The molecule has 3 heteroatoms. The van der Waals surface area contributed by atoms with Crippen LogP contribution in [0.15, 0.2) is 40.9 Å². The number of hydrogen-bond donors (Lipinski definition) is 0. The van der Waals surface area contributed by atoms with E-state index >= 15 is 0 Å². The molecule has 98 valence electrons. The monoisotopic (exact) mass is 318 g/mol. The number of carbonyl (C=O) groups excluding carboxylic acids is 1. The summed E-state index contributed by atoms with van der Waals surface area (Å²) in [5.41, 5.74) is 2.90. The van der Waals surface area contributed by atoms with Gasteiger partial charge in [0.15, 0.2) is 5.78 Å². The fourth-order valence-corrected chi connectivity index (χ4v) is 2.11. The van der Waals surface area contributed by atoms with Gasteiger partial charge in [0.05, 0.1) is 0 Å². The second kappa shape index (κ2) is 5.57. The average Bonchev–Trinajstić information content (AvgIpc) is 2.36. The first-order valence-corrected chi connectivity index (χ1v) is 6.82. The molecule has 0 spiro atoms. The van der Waals surface area contributed by atoms with E-state index in [9.17, 15) is 4.79 Å². The first kappa shape index (κ1) is 13.8. The normalized spacial score (nSPS) is 10.3. The standard InChI is InChI=1S/C16H15BrO2/c1-10-7-15(8-11(2)16(10)17)19-14-6-4-5-13(9-14)12(3)18/h4-9H,1-3H3. The van der Waals surface area contributed by atoms with Crippen LogP contribution in [0.4, 0.5) is 0 Å². The number of rotatable bonds is 3. The summed E-state index contributed by atoms with van der Waals surface area (Å²) in [4.78, 5) is 11.3. The van der Waals surface area contributed by atoms with E-state index in [4.69, 9.17) is 4.74 Å². The van der Waals surface area contributed by atoms with Crippen LogP contribution >= 0.6 is 15.9 Å². The van der Waals surface area contributed by atoms with E-state index in [0.29, 0.717) is 11.3 Å². The zero-order valence-corrected chi connectivity index (χ0v) is 12.7. The lowest BCUT2D eigenvalue weighted by Crippen LogP contribution is -1.93. The summed E-state index contributed by atoms with van der Waals surface area (Å²) in [5, 5.41) is 0. The Balaban J connectivity index is 2.31. The average molecular weight is 319 g/mol. The maximum atomic E-state index is 11.3. The SMILES string of the molecule is CC(=O)c1cccc(Oc2cc(C)c(Br)c(C)c2)c1. The van der Waals surface area contributed by atoms with Gasteiger partial charge in [0.1, 0.15) is 11.5 Å². The maximum Gasteiger partial charge on any atom is 0.159 e. The Morgan fingerprint density at radius 1 is 1.05 bits per heavy atom. The topological polar surface area (TPSA) is 26.3 Å². The van der Waals surface area contributed by atoms with Gasteiger partial charge >= 0.3 is 0 Å². The third-order valence-corrected chi connectivity index (χ3v) is 4.14. The Bertz CT molecular complexity index is 609. The van der Waals surface area contributed by atoms with Crippen molar-refractivity contribution in [2.45, 2.75) is 20.8 Å². The highest BCUT2D eigenvalue weighted by Gasteiger charge is 2.06. The zero-order valence-electron chi connectivity index (χ0n) is 11.2. The number of Topliss-reactive ketones (excluding diaryl/α,β-unsaturated/α-hetero) is 1. The number of ketones is 1. The molecule has 2 nitrogen and oxygen atoms in total. The van der Waals surface area contributed by atoms with E-state index in [0.717, 1.165) is 21.3 Å². The maximum absolute atomic E-state index is 11.3. The van der Waals surface area contributed by atoms with Crippen molar-refractivity contribution in [1.29, 1.82) is 0 Å². The van der Waals surface area contributed by atoms with E-state index in [1.165, 1.54) is 0 Å².